The molecule has 11 heavy (non-hydrogen) atoms. The van der Waals surface area contributed by atoms with Crippen molar-refractivity contribution in [3.8, 4) is 0 Å². The van der Waals surface area contributed by atoms with Gasteiger partial charge in [-0.1, -0.05) is 15.9 Å². The van der Waals surface area contributed by atoms with Crippen LogP contribution in [0.1, 0.15) is 5.56 Å². The van der Waals surface area contributed by atoms with Gasteiger partial charge in [-0.15, -0.1) is 0 Å². The highest BCUT2D eigenvalue weighted by Gasteiger charge is 2.06. The van der Waals surface area contributed by atoms with Gasteiger partial charge in [0.2, 0.25) is 5.95 Å². The minimum Gasteiger partial charge on any atom is -0.383 e. The maximum Gasteiger partial charge on any atom is 0.223 e. The van der Waals surface area contributed by atoms with Crippen LogP contribution in [0.25, 0.3) is 0 Å². The fourth-order valence-electron chi connectivity index (χ4n) is 0.613. The van der Waals surface area contributed by atoms with E-state index in [9.17, 15) is 0 Å². The van der Waals surface area contributed by atoms with Crippen molar-refractivity contribution < 1.29 is 0 Å². The molecular formula is C5H6Br2N4. The molecule has 0 bridgehead atoms. The van der Waals surface area contributed by atoms with Gasteiger partial charge in [0.1, 0.15) is 10.4 Å². The van der Waals surface area contributed by atoms with Crippen LogP contribution >= 0.6 is 31.9 Å². The van der Waals surface area contributed by atoms with Crippen molar-refractivity contribution in [2.24, 2.45) is 0 Å². The molecule has 4 N–H and O–H groups in total. The number of alkyl halides is 1. The minimum absolute atomic E-state index is 0.180. The predicted molar refractivity (Wildman–Crippen MR) is 51.2 cm³/mol. The van der Waals surface area contributed by atoms with Crippen molar-refractivity contribution in [3.05, 3.63) is 10.2 Å². The lowest BCUT2D eigenvalue weighted by Gasteiger charge is -2.03. The molecule has 0 unspecified atom stereocenters. The lowest BCUT2D eigenvalue weighted by Crippen LogP contribution is -2.03. The number of hydrogen-bond acceptors (Lipinski definition) is 4. The maximum atomic E-state index is 5.54. The third kappa shape index (κ3) is 1.81. The van der Waals surface area contributed by atoms with Gasteiger partial charge < -0.3 is 11.5 Å². The number of nitrogens with zero attached hydrogens (tertiary/aromatic N) is 2. The average Bonchev–Trinajstić information content (AvgIpc) is 1.85. The zero-order valence-corrected chi connectivity index (χ0v) is 8.68. The van der Waals surface area contributed by atoms with Gasteiger partial charge in [0, 0.05) is 10.9 Å². The lowest BCUT2D eigenvalue weighted by atomic mass is 10.3. The zero-order valence-electron chi connectivity index (χ0n) is 5.51. The third-order valence-electron chi connectivity index (χ3n) is 1.14. The van der Waals surface area contributed by atoms with Gasteiger partial charge in [0.25, 0.3) is 0 Å². The Bertz CT molecular complexity index is 252. The molecule has 0 atom stereocenters. The summed E-state index contributed by atoms with van der Waals surface area (Å²) in [5.74, 6) is 0.584. The van der Waals surface area contributed by atoms with E-state index in [1.54, 1.807) is 0 Å². The summed E-state index contributed by atoms with van der Waals surface area (Å²) < 4.78 is 0.638. The lowest BCUT2D eigenvalue weighted by molar-refractivity contribution is 1.12. The Morgan fingerprint density at radius 3 is 2.36 bits per heavy atom. The Morgan fingerprint density at radius 1 is 1.27 bits per heavy atom. The molecule has 0 aliphatic heterocycles. The van der Waals surface area contributed by atoms with E-state index in [0.717, 1.165) is 5.56 Å². The van der Waals surface area contributed by atoms with Crippen LogP contribution in [0.4, 0.5) is 11.8 Å². The number of hydrogen-bond donors (Lipinski definition) is 2. The van der Waals surface area contributed by atoms with E-state index in [1.807, 2.05) is 0 Å². The maximum absolute atomic E-state index is 5.54. The first-order chi connectivity index (χ1) is 5.15. The van der Waals surface area contributed by atoms with Crippen molar-refractivity contribution in [2.75, 3.05) is 11.5 Å². The molecule has 0 spiro atoms. The molecule has 0 fully saturated rings. The highest BCUT2D eigenvalue weighted by atomic mass is 79.9. The second kappa shape index (κ2) is 3.36. The van der Waals surface area contributed by atoms with E-state index in [1.165, 1.54) is 0 Å². The fourth-order valence-corrected chi connectivity index (χ4v) is 2.07. The summed E-state index contributed by atoms with van der Waals surface area (Å²) in [6.45, 7) is 0. The first kappa shape index (κ1) is 8.73. The molecule has 4 nitrogen and oxygen atoms in total. The monoisotopic (exact) mass is 280 g/mol. The molecule has 1 aromatic heterocycles. The van der Waals surface area contributed by atoms with Crippen molar-refractivity contribution in [1.82, 2.24) is 9.97 Å². The van der Waals surface area contributed by atoms with Gasteiger partial charge in [-0.05, 0) is 15.9 Å². The third-order valence-corrected chi connectivity index (χ3v) is 2.36. The van der Waals surface area contributed by atoms with E-state index in [0.29, 0.717) is 15.8 Å². The van der Waals surface area contributed by atoms with Crippen LogP contribution in [0.5, 0.6) is 0 Å². The van der Waals surface area contributed by atoms with E-state index in [-0.39, 0.29) is 5.95 Å². The number of halogens is 2. The molecule has 0 aliphatic rings. The first-order valence-electron chi connectivity index (χ1n) is 2.78. The Morgan fingerprint density at radius 2 is 1.91 bits per heavy atom. The molecule has 1 rings (SSSR count). The van der Waals surface area contributed by atoms with Crippen molar-refractivity contribution in [3.63, 3.8) is 0 Å². The van der Waals surface area contributed by atoms with Gasteiger partial charge in [-0.3, -0.25) is 0 Å². The largest absolute Gasteiger partial charge is 0.383 e. The van der Waals surface area contributed by atoms with Gasteiger partial charge in [0.05, 0.1) is 0 Å². The molecule has 0 saturated heterocycles. The first-order valence-corrected chi connectivity index (χ1v) is 4.70. The van der Waals surface area contributed by atoms with E-state index < -0.39 is 0 Å². The van der Waals surface area contributed by atoms with Crippen molar-refractivity contribution in [1.29, 1.82) is 0 Å². The molecule has 0 aliphatic carbocycles. The Balaban J connectivity index is 3.25. The summed E-state index contributed by atoms with van der Waals surface area (Å²) >= 11 is 6.47. The standard InChI is InChI=1S/C5H6Br2N4/c6-1-2-3(7)10-5(9)11-4(2)8/h1H2,(H4,8,9,10,11). The number of rotatable bonds is 1. The van der Waals surface area contributed by atoms with Crippen LogP contribution in [0.2, 0.25) is 0 Å². The normalized spacial score (nSPS) is 10.0. The Kier molecular flexibility index (Phi) is 2.67. The number of anilines is 2. The summed E-state index contributed by atoms with van der Waals surface area (Å²) in [5.41, 5.74) is 11.7. The van der Waals surface area contributed by atoms with E-state index in [2.05, 4.69) is 41.8 Å². The van der Waals surface area contributed by atoms with Crippen molar-refractivity contribution in [2.45, 2.75) is 5.33 Å². The van der Waals surface area contributed by atoms with Gasteiger partial charge in [-0.25, -0.2) is 4.98 Å². The smallest absolute Gasteiger partial charge is 0.223 e. The number of nitrogen functional groups attached to an aromatic ring is 2. The summed E-state index contributed by atoms with van der Waals surface area (Å²) in [6, 6.07) is 0. The zero-order chi connectivity index (χ0) is 8.43. The Hall–Kier alpha value is -0.360. The number of nitrogens with two attached hydrogens (primary N) is 2. The second-order valence-corrected chi connectivity index (χ2v) is 3.18. The fraction of sp³-hybridized carbons (Fsp3) is 0.200. The molecule has 1 heterocycles. The van der Waals surface area contributed by atoms with Crippen LogP contribution in [-0.2, 0) is 5.33 Å². The average molecular weight is 282 g/mol. The highest BCUT2D eigenvalue weighted by Crippen LogP contribution is 2.22. The van der Waals surface area contributed by atoms with Crippen LogP contribution < -0.4 is 11.5 Å². The summed E-state index contributed by atoms with van der Waals surface area (Å²) in [6.07, 6.45) is 0. The van der Waals surface area contributed by atoms with Gasteiger partial charge >= 0.3 is 0 Å². The van der Waals surface area contributed by atoms with E-state index >= 15 is 0 Å². The molecule has 60 valence electrons. The quantitative estimate of drug-likeness (QED) is 0.601. The SMILES string of the molecule is Nc1nc(N)c(CBr)c(Br)n1. The Labute approximate surface area is 80.7 Å². The number of aromatic nitrogens is 2. The molecule has 0 amide bonds. The second-order valence-electron chi connectivity index (χ2n) is 1.87. The highest BCUT2D eigenvalue weighted by molar-refractivity contribution is 9.10. The summed E-state index contributed by atoms with van der Waals surface area (Å²) in [4.78, 5) is 7.67. The summed E-state index contributed by atoms with van der Waals surface area (Å²) in [5, 5.41) is 0.611. The molecule has 6 heteroatoms. The van der Waals surface area contributed by atoms with Crippen LogP contribution in [-0.4, -0.2) is 9.97 Å². The summed E-state index contributed by atoms with van der Waals surface area (Å²) in [7, 11) is 0. The molecular weight excluding hydrogens is 276 g/mol. The topological polar surface area (TPSA) is 77.8 Å². The van der Waals surface area contributed by atoms with Gasteiger partial charge in [-0.2, -0.15) is 4.98 Å². The predicted octanol–water partition coefficient (Wildman–Crippen LogP) is 1.30. The van der Waals surface area contributed by atoms with Crippen LogP contribution in [0, 0.1) is 0 Å². The van der Waals surface area contributed by atoms with E-state index in [4.69, 9.17) is 11.5 Å². The molecule has 0 aromatic carbocycles. The minimum atomic E-state index is 0.180. The molecule has 0 saturated carbocycles. The van der Waals surface area contributed by atoms with Crippen LogP contribution in [0.3, 0.4) is 0 Å². The van der Waals surface area contributed by atoms with Crippen LogP contribution in [0.15, 0.2) is 4.60 Å². The van der Waals surface area contributed by atoms with Crippen molar-refractivity contribution >= 4 is 43.6 Å². The van der Waals surface area contributed by atoms with Gasteiger partial charge in [0.15, 0.2) is 0 Å². The molecule has 0 radical (unpaired) electrons. The molecule has 1 aromatic rings.